The van der Waals surface area contributed by atoms with Gasteiger partial charge in [-0.25, -0.2) is 0 Å². The fourth-order valence-electron chi connectivity index (χ4n) is 1.07. The summed E-state index contributed by atoms with van der Waals surface area (Å²) in [7, 11) is 0. The zero-order chi connectivity index (χ0) is 11.4. The van der Waals surface area contributed by atoms with E-state index in [1.807, 2.05) is 0 Å². The first kappa shape index (κ1) is 11.4. The van der Waals surface area contributed by atoms with Gasteiger partial charge >= 0.3 is 11.6 Å². The highest BCUT2D eigenvalue weighted by molar-refractivity contribution is 5.38. The zero-order valence-corrected chi connectivity index (χ0v) is 8.71. The van der Waals surface area contributed by atoms with Crippen molar-refractivity contribution in [3.8, 4) is 5.88 Å². The number of nitrogens with zero attached hydrogens (tertiary/aromatic N) is 3. The van der Waals surface area contributed by atoms with Crippen LogP contribution in [0.1, 0.15) is 13.8 Å². The maximum absolute atomic E-state index is 10.7. The maximum atomic E-state index is 10.7. The molecule has 0 aliphatic rings. The van der Waals surface area contributed by atoms with Gasteiger partial charge in [-0.05, 0) is 13.8 Å². The molecular weight excluding hydrogens is 200 g/mol. The van der Waals surface area contributed by atoms with Gasteiger partial charge < -0.3 is 10.5 Å². The number of rotatable bonds is 5. The lowest BCUT2D eigenvalue weighted by Gasteiger charge is -2.04. The normalized spacial score (nSPS) is 10.7. The molecule has 7 heteroatoms. The van der Waals surface area contributed by atoms with Crippen LogP contribution in [0.4, 0.5) is 5.69 Å². The van der Waals surface area contributed by atoms with E-state index in [0.29, 0.717) is 13.1 Å². The summed E-state index contributed by atoms with van der Waals surface area (Å²) in [6.45, 7) is 4.37. The van der Waals surface area contributed by atoms with Gasteiger partial charge in [0.05, 0.1) is 17.6 Å². The Hall–Kier alpha value is -1.63. The summed E-state index contributed by atoms with van der Waals surface area (Å²) in [5, 5.41) is 14.6. The predicted octanol–water partition coefficient (Wildman–Crippen LogP) is 0.537. The molecule has 0 amide bonds. The van der Waals surface area contributed by atoms with E-state index in [2.05, 4.69) is 5.10 Å². The van der Waals surface area contributed by atoms with E-state index in [-0.39, 0.29) is 17.7 Å². The molecule has 0 atom stereocenters. The molecule has 1 heterocycles. The Morgan fingerprint density at radius 2 is 2.40 bits per heavy atom. The highest BCUT2D eigenvalue weighted by Gasteiger charge is 2.21. The minimum Gasteiger partial charge on any atom is -0.469 e. The van der Waals surface area contributed by atoms with Crippen LogP contribution in [0.5, 0.6) is 5.88 Å². The number of hydrogen-bond donors (Lipinski definition) is 1. The summed E-state index contributed by atoms with van der Waals surface area (Å²) in [6.07, 6.45) is 1.18. The van der Waals surface area contributed by atoms with Crippen LogP contribution in [0, 0.1) is 10.1 Å². The van der Waals surface area contributed by atoms with Crippen molar-refractivity contribution in [3.63, 3.8) is 0 Å². The molecule has 0 aliphatic heterocycles. The fourth-order valence-corrected chi connectivity index (χ4v) is 1.07. The maximum Gasteiger partial charge on any atom is 0.350 e. The van der Waals surface area contributed by atoms with Crippen LogP contribution in [-0.4, -0.2) is 27.4 Å². The molecule has 1 aromatic rings. The largest absolute Gasteiger partial charge is 0.469 e. The van der Waals surface area contributed by atoms with Gasteiger partial charge in [0.2, 0.25) is 0 Å². The molecule has 0 radical (unpaired) electrons. The third-order valence-corrected chi connectivity index (χ3v) is 1.61. The summed E-state index contributed by atoms with van der Waals surface area (Å²) in [4.78, 5) is 10.1. The molecule has 0 aromatic carbocycles. The summed E-state index contributed by atoms with van der Waals surface area (Å²) in [6, 6.07) is 0. The number of aromatic nitrogens is 2. The Balaban J connectivity index is 2.95. The van der Waals surface area contributed by atoms with Gasteiger partial charge in [0, 0.05) is 6.54 Å². The van der Waals surface area contributed by atoms with E-state index in [1.165, 1.54) is 10.9 Å². The van der Waals surface area contributed by atoms with E-state index in [0.717, 1.165) is 0 Å². The lowest BCUT2D eigenvalue weighted by Crippen LogP contribution is -2.11. The topological polar surface area (TPSA) is 96.2 Å². The minimum atomic E-state index is -0.516. The van der Waals surface area contributed by atoms with Gasteiger partial charge in [0.25, 0.3) is 0 Å². The van der Waals surface area contributed by atoms with Crippen molar-refractivity contribution in [1.82, 2.24) is 9.78 Å². The molecule has 0 saturated heterocycles. The Morgan fingerprint density at radius 1 is 1.73 bits per heavy atom. The van der Waals surface area contributed by atoms with Crippen molar-refractivity contribution >= 4 is 5.69 Å². The number of nitro groups is 1. The van der Waals surface area contributed by atoms with Crippen molar-refractivity contribution in [3.05, 3.63) is 16.3 Å². The van der Waals surface area contributed by atoms with Gasteiger partial charge in [-0.15, -0.1) is 5.10 Å². The Kier molecular flexibility index (Phi) is 3.62. The average Bonchev–Trinajstić information content (AvgIpc) is 2.47. The van der Waals surface area contributed by atoms with Crippen LogP contribution in [0.15, 0.2) is 6.20 Å². The summed E-state index contributed by atoms with van der Waals surface area (Å²) in [5.74, 6) is 0.0449. The third kappa shape index (κ3) is 2.91. The Labute approximate surface area is 87.0 Å². The van der Waals surface area contributed by atoms with Crippen molar-refractivity contribution in [2.45, 2.75) is 26.5 Å². The second-order valence-corrected chi connectivity index (χ2v) is 3.29. The number of hydrogen-bond acceptors (Lipinski definition) is 5. The molecule has 1 rings (SSSR count). The zero-order valence-electron chi connectivity index (χ0n) is 8.71. The Morgan fingerprint density at radius 3 is 2.87 bits per heavy atom. The minimum absolute atomic E-state index is 0.0449. The van der Waals surface area contributed by atoms with E-state index in [1.54, 1.807) is 13.8 Å². The van der Waals surface area contributed by atoms with Crippen molar-refractivity contribution in [1.29, 1.82) is 0 Å². The molecule has 15 heavy (non-hydrogen) atoms. The van der Waals surface area contributed by atoms with Crippen LogP contribution < -0.4 is 10.5 Å². The summed E-state index contributed by atoms with van der Waals surface area (Å²) >= 11 is 0. The first-order valence-electron chi connectivity index (χ1n) is 4.63. The number of ether oxygens (including phenoxy) is 1. The van der Waals surface area contributed by atoms with E-state index >= 15 is 0 Å². The average molecular weight is 214 g/mol. The molecule has 7 nitrogen and oxygen atoms in total. The molecule has 0 spiro atoms. The van der Waals surface area contributed by atoms with E-state index < -0.39 is 4.92 Å². The van der Waals surface area contributed by atoms with Crippen LogP contribution >= 0.6 is 0 Å². The molecule has 2 N–H and O–H groups in total. The Bertz CT molecular complexity index is 348. The SMILES string of the molecule is CC(C)Oc1nn(CCN)cc1[N+](=O)[O-]. The monoisotopic (exact) mass is 214 g/mol. The fraction of sp³-hybridized carbons (Fsp3) is 0.625. The quantitative estimate of drug-likeness (QED) is 0.570. The first-order valence-corrected chi connectivity index (χ1v) is 4.63. The van der Waals surface area contributed by atoms with Crippen molar-refractivity contribution in [2.75, 3.05) is 6.54 Å². The van der Waals surface area contributed by atoms with Crippen LogP contribution in [0.2, 0.25) is 0 Å². The van der Waals surface area contributed by atoms with Crippen molar-refractivity contribution in [2.24, 2.45) is 5.73 Å². The third-order valence-electron chi connectivity index (χ3n) is 1.61. The summed E-state index contributed by atoms with van der Waals surface area (Å²) < 4.78 is 6.63. The van der Waals surface area contributed by atoms with Gasteiger partial charge in [0.15, 0.2) is 0 Å². The second kappa shape index (κ2) is 4.74. The van der Waals surface area contributed by atoms with E-state index in [4.69, 9.17) is 10.5 Å². The van der Waals surface area contributed by atoms with Crippen LogP contribution in [0.3, 0.4) is 0 Å². The first-order chi connectivity index (χ1) is 7.04. The lowest BCUT2D eigenvalue weighted by molar-refractivity contribution is -0.386. The van der Waals surface area contributed by atoms with Crippen molar-refractivity contribution < 1.29 is 9.66 Å². The van der Waals surface area contributed by atoms with Gasteiger partial charge in [0.1, 0.15) is 6.20 Å². The highest BCUT2D eigenvalue weighted by atomic mass is 16.6. The molecule has 0 saturated carbocycles. The standard InChI is InChI=1S/C8H14N4O3/c1-6(2)15-8-7(12(13)14)5-11(10-8)4-3-9/h5-6H,3-4,9H2,1-2H3. The predicted molar refractivity (Wildman–Crippen MR) is 53.7 cm³/mol. The molecule has 84 valence electrons. The van der Waals surface area contributed by atoms with Gasteiger partial charge in [-0.2, -0.15) is 0 Å². The molecule has 0 bridgehead atoms. The lowest BCUT2D eigenvalue weighted by atomic mass is 10.5. The second-order valence-electron chi connectivity index (χ2n) is 3.29. The number of nitrogens with two attached hydrogens (primary N) is 1. The molecule has 0 aliphatic carbocycles. The smallest absolute Gasteiger partial charge is 0.350 e. The van der Waals surface area contributed by atoms with Gasteiger partial charge in [-0.1, -0.05) is 0 Å². The molecule has 0 fully saturated rings. The van der Waals surface area contributed by atoms with Gasteiger partial charge in [-0.3, -0.25) is 14.8 Å². The van der Waals surface area contributed by atoms with E-state index in [9.17, 15) is 10.1 Å². The molecular formula is C8H14N4O3. The molecule has 0 unspecified atom stereocenters. The van der Waals surface area contributed by atoms with Crippen LogP contribution in [-0.2, 0) is 6.54 Å². The summed E-state index contributed by atoms with van der Waals surface area (Å²) in [5.41, 5.74) is 5.20. The highest BCUT2D eigenvalue weighted by Crippen LogP contribution is 2.25. The molecule has 1 aromatic heterocycles. The van der Waals surface area contributed by atoms with Crippen LogP contribution in [0.25, 0.3) is 0 Å².